The zero-order valence-corrected chi connectivity index (χ0v) is 18.8. The maximum Gasteiger partial charge on any atom is 0.333 e. The Morgan fingerprint density at radius 2 is 2.00 bits per heavy atom. The fourth-order valence-corrected chi connectivity index (χ4v) is 7.91. The Hall–Kier alpha value is -0.990. The largest absolute Gasteiger partial charge is 0.459 e. The van der Waals surface area contributed by atoms with Gasteiger partial charge in [0.1, 0.15) is 12.2 Å². The molecule has 7 nitrogen and oxygen atoms in total. The number of carbonyl (C=O) groups is 1. The van der Waals surface area contributed by atoms with Gasteiger partial charge in [0.25, 0.3) is 0 Å². The lowest BCUT2D eigenvalue weighted by Crippen LogP contribution is -2.84. The van der Waals surface area contributed by atoms with Gasteiger partial charge >= 0.3 is 5.97 Å². The van der Waals surface area contributed by atoms with Crippen molar-refractivity contribution in [3.8, 4) is 0 Å². The van der Waals surface area contributed by atoms with Crippen LogP contribution in [-0.4, -0.2) is 58.3 Å². The summed E-state index contributed by atoms with van der Waals surface area (Å²) >= 11 is 0. The van der Waals surface area contributed by atoms with Gasteiger partial charge in [0.05, 0.1) is 11.5 Å². The van der Waals surface area contributed by atoms with Gasteiger partial charge in [-0.15, -0.1) is 0 Å². The van der Waals surface area contributed by atoms with Crippen LogP contribution in [0.25, 0.3) is 0 Å². The minimum absolute atomic E-state index is 0.116. The van der Waals surface area contributed by atoms with E-state index < -0.39 is 53.6 Å². The van der Waals surface area contributed by atoms with Crippen molar-refractivity contribution in [2.24, 2.45) is 34.5 Å². The van der Waals surface area contributed by atoms with Gasteiger partial charge in [0.15, 0.2) is 12.1 Å². The van der Waals surface area contributed by atoms with Gasteiger partial charge in [-0.2, -0.15) is 0 Å². The third-order valence-corrected chi connectivity index (χ3v) is 9.24. The summed E-state index contributed by atoms with van der Waals surface area (Å²) in [7, 11) is 0. The van der Waals surface area contributed by atoms with Crippen LogP contribution in [0.3, 0.4) is 0 Å². The van der Waals surface area contributed by atoms with Gasteiger partial charge in [0.2, 0.25) is 0 Å². The van der Waals surface area contributed by atoms with E-state index in [2.05, 4.69) is 27.4 Å². The molecule has 0 aromatic carbocycles. The highest BCUT2D eigenvalue weighted by atomic mass is 16.8. The molecular formula is C24H36O7. The van der Waals surface area contributed by atoms with Crippen LogP contribution in [0.15, 0.2) is 12.2 Å². The molecule has 7 heteroatoms. The first-order valence-corrected chi connectivity index (χ1v) is 11.9. The van der Waals surface area contributed by atoms with Crippen molar-refractivity contribution in [3.63, 3.8) is 0 Å². The average Bonchev–Trinajstić information content (AvgIpc) is 2.71. The van der Waals surface area contributed by atoms with Crippen LogP contribution in [0.1, 0.15) is 59.3 Å². The fraction of sp³-hybridized carbons (Fsp3) is 0.875. The second-order valence-corrected chi connectivity index (χ2v) is 11.2. The fourth-order valence-electron chi connectivity index (χ4n) is 7.91. The lowest BCUT2D eigenvalue weighted by molar-refractivity contribution is -0.498. The molecule has 3 saturated carbocycles. The first-order chi connectivity index (χ1) is 14.6. The first-order valence-electron chi connectivity index (χ1n) is 11.9. The maximum atomic E-state index is 12.5. The number of carbonyl (C=O) groups excluding carboxylic acids is 1. The van der Waals surface area contributed by atoms with Crippen LogP contribution < -0.4 is 0 Å². The number of aliphatic hydroxyl groups is 3. The van der Waals surface area contributed by atoms with Crippen molar-refractivity contribution in [1.82, 2.24) is 0 Å². The van der Waals surface area contributed by atoms with E-state index in [4.69, 9.17) is 14.2 Å². The molecule has 0 aromatic heterocycles. The molecule has 6 fully saturated rings. The van der Waals surface area contributed by atoms with E-state index in [1.807, 2.05) is 0 Å². The zero-order chi connectivity index (χ0) is 22.3. The van der Waals surface area contributed by atoms with Crippen molar-refractivity contribution in [2.45, 2.75) is 89.7 Å². The number of aliphatic hydroxyl groups excluding tert-OH is 2. The second-order valence-electron chi connectivity index (χ2n) is 11.2. The molecule has 3 aliphatic heterocycles. The number of rotatable bonds is 4. The topological polar surface area (TPSA) is 105 Å². The van der Waals surface area contributed by atoms with Crippen molar-refractivity contribution < 1.29 is 34.3 Å². The van der Waals surface area contributed by atoms with Gasteiger partial charge in [0, 0.05) is 29.9 Å². The quantitative estimate of drug-likeness (QED) is 0.352. The smallest absolute Gasteiger partial charge is 0.333 e. The molecule has 3 heterocycles. The van der Waals surface area contributed by atoms with Gasteiger partial charge < -0.3 is 29.5 Å². The van der Waals surface area contributed by atoms with Crippen molar-refractivity contribution in [1.29, 1.82) is 0 Å². The highest BCUT2D eigenvalue weighted by Gasteiger charge is 2.81. The van der Waals surface area contributed by atoms with E-state index in [9.17, 15) is 20.1 Å². The van der Waals surface area contributed by atoms with E-state index in [1.54, 1.807) is 0 Å². The van der Waals surface area contributed by atoms with Crippen LogP contribution in [0, 0.1) is 34.5 Å². The first kappa shape index (κ1) is 21.8. The van der Waals surface area contributed by atoms with E-state index in [-0.39, 0.29) is 17.3 Å². The molecule has 0 unspecified atom stereocenters. The summed E-state index contributed by atoms with van der Waals surface area (Å²) in [5, 5.41) is 35.0. The lowest BCUT2D eigenvalue weighted by Gasteiger charge is -2.74. The molecule has 4 bridgehead atoms. The summed E-state index contributed by atoms with van der Waals surface area (Å²) in [6, 6.07) is 0. The molecule has 0 amide bonds. The van der Waals surface area contributed by atoms with E-state index >= 15 is 0 Å². The summed E-state index contributed by atoms with van der Waals surface area (Å²) in [6.45, 7) is 10.6. The van der Waals surface area contributed by atoms with Gasteiger partial charge in [-0.1, -0.05) is 33.8 Å². The Kier molecular flexibility index (Phi) is 4.93. The summed E-state index contributed by atoms with van der Waals surface area (Å²) in [4.78, 5) is 12.5. The number of fused-ring (bicyclic) bond motifs is 3. The minimum Gasteiger partial charge on any atom is -0.459 e. The molecule has 1 spiro atoms. The highest BCUT2D eigenvalue weighted by molar-refractivity contribution is 5.89. The summed E-state index contributed by atoms with van der Waals surface area (Å²) in [6.07, 6.45) is 0.865. The standard InChI is InChI=1S/C24H36O7/c1-5-6-9-29-21-23-16(25)7-8-22(3,4)18(23)19(26)24(28,31-21)14-10-13-11-15(17(14)23)30-20(27)12(13)2/h13-19,21,25-26,28H,2,5-11H2,1,3-4H3/t13-,14-,15-,16-,17-,18+,19-,21+,23+,24+/m0/s1. The van der Waals surface area contributed by atoms with E-state index in [1.165, 1.54) is 0 Å². The Balaban J connectivity index is 1.67. The molecule has 174 valence electrons. The Morgan fingerprint density at radius 3 is 2.71 bits per heavy atom. The van der Waals surface area contributed by atoms with Crippen LogP contribution >= 0.6 is 0 Å². The average molecular weight is 437 g/mol. The Labute approximate surface area is 183 Å². The number of hydrogen-bond donors (Lipinski definition) is 3. The van der Waals surface area contributed by atoms with E-state index in [0.717, 1.165) is 19.3 Å². The molecule has 0 radical (unpaired) electrons. The lowest BCUT2D eigenvalue weighted by atomic mass is 9.38. The van der Waals surface area contributed by atoms with Crippen LogP contribution in [0.5, 0.6) is 0 Å². The number of hydrogen-bond acceptors (Lipinski definition) is 7. The monoisotopic (exact) mass is 436 g/mol. The highest BCUT2D eigenvalue weighted by Crippen LogP contribution is 2.72. The van der Waals surface area contributed by atoms with Crippen LogP contribution in [-0.2, 0) is 19.0 Å². The third-order valence-electron chi connectivity index (χ3n) is 9.24. The molecule has 6 rings (SSSR count). The molecule has 10 atom stereocenters. The molecule has 3 N–H and O–H groups in total. The molecule has 0 aromatic rings. The van der Waals surface area contributed by atoms with Crippen LogP contribution in [0.4, 0.5) is 0 Å². The molecule has 3 saturated heterocycles. The van der Waals surface area contributed by atoms with Crippen molar-refractivity contribution >= 4 is 5.97 Å². The van der Waals surface area contributed by atoms with Crippen molar-refractivity contribution in [3.05, 3.63) is 12.2 Å². The van der Waals surface area contributed by atoms with Crippen molar-refractivity contribution in [2.75, 3.05) is 6.61 Å². The maximum absolute atomic E-state index is 12.5. The summed E-state index contributed by atoms with van der Waals surface area (Å²) in [5.74, 6) is -3.60. The predicted octanol–water partition coefficient (Wildman–Crippen LogP) is 2.13. The third kappa shape index (κ3) is 2.67. The SMILES string of the molecule is C=C1C(=O)O[C@H]2C[C@@H]1C[C@H]1[C@@H]2[C@@]23[C@H](OCCCC)O[C@@]1(O)[C@@H](O)[C@@H]2C(C)(C)CC[C@@H]3O. The Bertz CT molecular complexity index is 780. The number of ether oxygens (including phenoxy) is 3. The van der Waals surface area contributed by atoms with Gasteiger partial charge in [-0.25, -0.2) is 4.79 Å². The number of esters is 1. The van der Waals surface area contributed by atoms with Crippen LogP contribution in [0.2, 0.25) is 0 Å². The Morgan fingerprint density at radius 1 is 1.26 bits per heavy atom. The molecule has 6 aliphatic rings. The molecular weight excluding hydrogens is 400 g/mol. The minimum atomic E-state index is -1.82. The van der Waals surface area contributed by atoms with E-state index in [0.29, 0.717) is 31.4 Å². The van der Waals surface area contributed by atoms with Gasteiger partial charge in [-0.05, 0) is 43.4 Å². The molecule has 31 heavy (non-hydrogen) atoms. The number of unbranched alkanes of at least 4 members (excludes halogenated alkanes) is 1. The summed E-state index contributed by atoms with van der Waals surface area (Å²) in [5.41, 5.74) is -0.894. The second kappa shape index (κ2) is 7.00. The normalized spacial score (nSPS) is 52.3. The molecule has 3 aliphatic carbocycles. The zero-order valence-electron chi connectivity index (χ0n) is 18.8. The van der Waals surface area contributed by atoms with Gasteiger partial charge in [-0.3, -0.25) is 0 Å². The predicted molar refractivity (Wildman–Crippen MR) is 110 cm³/mol. The summed E-state index contributed by atoms with van der Waals surface area (Å²) < 4.78 is 18.3.